The molecule has 0 aliphatic carbocycles. The molecule has 2 aromatic rings. The van der Waals surface area contributed by atoms with Gasteiger partial charge in [-0.15, -0.1) is 0 Å². The number of nitrogens with zero attached hydrogens (tertiary/aromatic N) is 1. The Morgan fingerprint density at radius 2 is 1.74 bits per heavy atom. The molecule has 0 aliphatic heterocycles. The standard InChI is InChI=1S/C13H13FN2O2S/c1-16(11-5-3-2-4-6-11)19(17,18)13-9-10(14)7-8-12(13)15/h2-9H,15H2,1H3. The zero-order valence-corrected chi connectivity index (χ0v) is 11.1. The van der Waals surface area contributed by atoms with Crippen LogP contribution in [0.3, 0.4) is 0 Å². The lowest BCUT2D eigenvalue weighted by Crippen LogP contribution is -2.27. The van der Waals surface area contributed by atoms with Crippen molar-refractivity contribution in [2.75, 3.05) is 17.1 Å². The highest BCUT2D eigenvalue weighted by molar-refractivity contribution is 7.93. The summed E-state index contributed by atoms with van der Waals surface area (Å²) < 4.78 is 39.0. The number of rotatable bonds is 3. The van der Waals surface area contributed by atoms with Gasteiger partial charge in [0.2, 0.25) is 0 Å². The minimum absolute atomic E-state index is 0.0178. The number of sulfonamides is 1. The smallest absolute Gasteiger partial charge is 0.266 e. The molecular weight excluding hydrogens is 267 g/mol. The molecular formula is C13H13FN2O2S. The lowest BCUT2D eigenvalue weighted by Gasteiger charge is -2.20. The van der Waals surface area contributed by atoms with Gasteiger partial charge >= 0.3 is 0 Å². The van der Waals surface area contributed by atoms with Gasteiger partial charge in [0.05, 0.1) is 11.4 Å². The molecule has 0 bridgehead atoms. The Morgan fingerprint density at radius 3 is 2.37 bits per heavy atom. The maximum absolute atomic E-state index is 13.2. The normalized spacial score (nSPS) is 11.3. The van der Waals surface area contributed by atoms with Crippen molar-refractivity contribution in [3.05, 3.63) is 54.3 Å². The van der Waals surface area contributed by atoms with Crippen LogP contribution in [0.25, 0.3) is 0 Å². The number of halogens is 1. The number of nitrogens with two attached hydrogens (primary N) is 1. The third-order valence-corrected chi connectivity index (χ3v) is 4.58. The summed E-state index contributed by atoms with van der Waals surface area (Å²) in [7, 11) is -2.48. The van der Waals surface area contributed by atoms with Gasteiger partial charge in [0.1, 0.15) is 10.7 Å². The molecule has 0 aromatic heterocycles. The highest BCUT2D eigenvalue weighted by Gasteiger charge is 2.24. The van der Waals surface area contributed by atoms with Crippen LogP contribution in [0.1, 0.15) is 0 Å². The summed E-state index contributed by atoms with van der Waals surface area (Å²) in [4.78, 5) is -0.237. The predicted molar refractivity (Wildman–Crippen MR) is 72.8 cm³/mol. The summed E-state index contributed by atoms with van der Waals surface area (Å²) in [5.74, 6) is -0.644. The number of para-hydroxylation sites is 1. The monoisotopic (exact) mass is 280 g/mol. The van der Waals surface area contributed by atoms with E-state index in [4.69, 9.17) is 5.73 Å². The third-order valence-electron chi connectivity index (χ3n) is 2.73. The Morgan fingerprint density at radius 1 is 1.11 bits per heavy atom. The highest BCUT2D eigenvalue weighted by Crippen LogP contribution is 2.26. The predicted octanol–water partition coefficient (Wildman–Crippen LogP) is 2.23. The molecule has 0 spiro atoms. The lowest BCUT2D eigenvalue weighted by molar-refractivity contribution is 0.590. The largest absolute Gasteiger partial charge is 0.398 e. The topological polar surface area (TPSA) is 63.4 Å². The van der Waals surface area contributed by atoms with Crippen molar-refractivity contribution in [3.8, 4) is 0 Å². The number of hydrogen-bond acceptors (Lipinski definition) is 3. The van der Waals surface area contributed by atoms with Crippen LogP contribution in [0, 0.1) is 5.82 Å². The van der Waals surface area contributed by atoms with Gasteiger partial charge in [-0.3, -0.25) is 4.31 Å². The summed E-state index contributed by atoms with van der Waals surface area (Å²) >= 11 is 0. The second-order valence-corrected chi connectivity index (χ2v) is 5.93. The van der Waals surface area contributed by atoms with E-state index in [1.165, 1.54) is 13.1 Å². The van der Waals surface area contributed by atoms with Crippen molar-refractivity contribution in [2.45, 2.75) is 4.90 Å². The van der Waals surface area contributed by atoms with Crippen LogP contribution >= 0.6 is 0 Å². The number of nitrogen functional groups attached to an aromatic ring is 1. The van der Waals surface area contributed by atoms with E-state index in [1.807, 2.05) is 0 Å². The molecule has 0 aliphatic rings. The summed E-state index contributed by atoms with van der Waals surface area (Å²) in [5.41, 5.74) is 6.11. The second kappa shape index (κ2) is 4.89. The van der Waals surface area contributed by atoms with Crippen molar-refractivity contribution in [2.24, 2.45) is 0 Å². The Kier molecular flexibility index (Phi) is 3.44. The highest BCUT2D eigenvalue weighted by atomic mass is 32.2. The summed E-state index contributed by atoms with van der Waals surface area (Å²) in [6.07, 6.45) is 0. The van der Waals surface area contributed by atoms with Crippen molar-refractivity contribution in [3.63, 3.8) is 0 Å². The van der Waals surface area contributed by atoms with E-state index in [1.54, 1.807) is 30.3 Å². The van der Waals surface area contributed by atoms with Crippen LogP contribution in [-0.2, 0) is 10.0 Å². The fourth-order valence-electron chi connectivity index (χ4n) is 1.66. The van der Waals surface area contributed by atoms with Crippen molar-refractivity contribution >= 4 is 21.4 Å². The Labute approximate surface area is 111 Å². The van der Waals surface area contributed by atoms with Crippen LogP contribution in [0.2, 0.25) is 0 Å². The van der Waals surface area contributed by atoms with Crippen LogP contribution < -0.4 is 10.0 Å². The zero-order chi connectivity index (χ0) is 14.0. The Balaban J connectivity index is 2.51. The maximum atomic E-state index is 13.2. The van der Waals surface area contributed by atoms with Gasteiger partial charge in [-0.05, 0) is 30.3 Å². The van der Waals surface area contributed by atoms with Crippen LogP contribution in [-0.4, -0.2) is 15.5 Å². The van der Waals surface area contributed by atoms with Gasteiger partial charge in [-0.1, -0.05) is 18.2 Å². The van der Waals surface area contributed by atoms with Crippen molar-refractivity contribution < 1.29 is 12.8 Å². The third kappa shape index (κ3) is 2.53. The SMILES string of the molecule is CN(c1ccccc1)S(=O)(=O)c1cc(F)ccc1N. The molecule has 0 heterocycles. The molecule has 4 nitrogen and oxygen atoms in total. The first-order chi connectivity index (χ1) is 8.93. The van der Waals surface area contributed by atoms with Gasteiger partial charge in [0, 0.05) is 7.05 Å². The molecule has 6 heteroatoms. The molecule has 0 amide bonds. The van der Waals surface area contributed by atoms with Gasteiger partial charge < -0.3 is 5.73 Å². The summed E-state index contributed by atoms with van der Waals surface area (Å²) in [6, 6.07) is 11.8. The van der Waals surface area contributed by atoms with E-state index in [0.29, 0.717) is 5.69 Å². The molecule has 0 unspecified atom stereocenters. The first-order valence-electron chi connectivity index (χ1n) is 5.52. The molecule has 2 rings (SSSR count). The van der Waals surface area contributed by atoms with Gasteiger partial charge in [-0.2, -0.15) is 0 Å². The van der Waals surface area contributed by atoms with Gasteiger partial charge in [0.15, 0.2) is 0 Å². The first kappa shape index (κ1) is 13.4. The van der Waals surface area contributed by atoms with Gasteiger partial charge in [-0.25, -0.2) is 12.8 Å². The number of hydrogen-bond donors (Lipinski definition) is 1. The molecule has 2 N–H and O–H groups in total. The molecule has 0 radical (unpaired) electrons. The molecule has 100 valence electrons. The lowest BCUT2D eigenvalue weighted by atomic mass is 10.3. The zero-order valence-electron chi connectivity index (χ0n) is 10.2. The second-order valence-electron chi connectivity index (χ2n) is 3.99. The molecule has 19 heavy (non-hydrogen) atoms. The van der Waals surface area contributed by atoms with E-state index < -0.39 is 15.8 Å². The average molecular weight is 280 g/mol. The van der Waals surface area contributed by atoms with Crippen LogP contribution in [0.4, 0.5) is 15.8 Å². The minimum atomic E-state index is -3.88. The van der Waals surface area contributed by atoms with Crippen molar-refractivity contribution in [1.29, 1.82) is 0 Å². The Bertz CT molecular complexity index is 687. The average Bonchev–Trinajstić information content (AvgIpc) is 2.41. The molecule has 0 atom stereocenters. The van der Waals surface area contributed by atoms with E-state index in [0.717, 1.165) is 16.4 Å². The number of benzene rings is 2. The fourth-order valence-corrected chi connectivity index (χ4v) is 2.98. The molecule has 0 saturated heterocycles. The van der Waals surface area contributed by atoms with E-state index in [2.05, 4.69) is 0 Å². The van der Waals surface area contributed by atoms with Crippen molar-refractivity contribution in [1.82, 2.24) is 0 Å². The molecule has 0 fully saturated rings. The number of anilines is 2. The summed E-state index contributed by atoms with van der Waals surface area (Å²) in [6.45, 7) is 0. The minimum Gasteiger partial charge on any atom is -0.398 e. The first-order valence-corrected chi connectivity index (χ1v) is 6.96. The summed E-state index contributed by atoms with van der Waals surface area (Å²) in [5, 5.41) is 0. The van der Waals surface area contributed by atoms with Crippen LogP contribution in [0.15, 0.2) is 53.4 Å². The fraction of sp³-hybridized carbons (Fsp3) is 0.0769. The van der Waals surface area contributed by atoms with E-state index in [9.17, 15) is 12.8 Å². The Hall–Kier alpha value is -2.08. The maximum Gasteiger partial charge on any atom is 0.266 e. The van der Waals surface area contributed by atoms with E-state index >= 15 is 0 Å². The van der Waals surface area contributed by atoms with E-state index in [-0.39, 0.29) is 10.6 Å². The quantitative estimate of drug-likeness (QED) is 0.877. The molecule has 2 aromatic carbocycles. The van der Waals surface area contributed by atoms with Crippen LogP contribution in [0.5, 0.6) is 0 Å². The molecule has 0 saturated carbocycles. The van der Waals surface area contributed by atoms with Gasteiger partial charge in [0.25, 0.3) is 10.0 Å².